The maximum atomic E-state index is 11.2. The second-order valence-corrected chi connectivity index (χ2v) is 4.60. The average Bonchev–Trinajstić information content (AvgIpc) is 2.87. The number of benzene rings is 1. The van der Waals surface area contributed by atoms with E-state index >= 15 is 0 Å². The van der Waals surface area contributed by atoms with Gasteiger partial charge in [-0.25, -0.2) is 9.78 Å². The van der Waals surface area contributed by atoms with Gasteiger partial charge in [0.1, 0.15) is 5.69 Å². The predicted molar refractivity (Wildman–Crippen MR) is 66.7 cm³/mol. The zero-order valence-corrected chi connectivity index (χ0v) is 9.91. The number of rotatable bonds is 2. The first-order chi connectivity index (χ1) is 8.77. The lowest BCUT2D eigenvalue weighted by Gasteiger charge is -2.27. The summed E-state index contributed by atoms with van der Waals surface area (Å²) in [4.78, 5) is 15.2. The summed E-state index contributed by atoms with van der Waals surface area (Å²) in [6.45, 7) is 0. The van der Waals surface area contributed by atoms with E-state index in [1.165, 1.54) is 17.3 Å². The quantitative estimate of drug-likeness (QED) is 0.880. The van der Waals surface area contributed by atoms with E-state index in [0.717, 1.165) is 19.3 Å². The largest absolute Gasteiger partial charge is 0.477 e. The molecule has 0 bridgehead atoms. The van der Waals surface area contributed by atoms with Gasteiger partial charge in [0.15, 0.2) is 0 Å². The Morgan fingerprint density at radius 2 is 2.22 bits per heavy atom. The van der Waals surface area contributed by atoms with Crippen LogP contribution in [0.4, 0.5) is 0 Å². The third-order valence-corrected chi connectivity index (χ3v) is 3.56. The molecule has 0 fully saturated rings. The van der Waals surface area contributed by atoms with Crippen molar-refractivity contribution in [2.75, 3.05) is 0 Å². The van der Waals surface area contributed by atoms with E-state index in [9.17, 15) is 9.90 Å². The predicted octanol–water partition coefficient (Wildman–Crippen LogP) is 2.51. The van der Waals surface area contributed by atoms with Crippen LogP contribution in [0.15, 0.2) is 36.8 Å². The molecule has 4 nitrogen and oxygen atoms in total. The van der Waals surface area contributed by atoms with Crippen LogP contribution in [0, 0.1) is 0 Å². The fourth-order valence-electron chi connectivity index (χ4n) is 2.74. The second kappa shape index (κ2) is 4.29. The first-order valence-electron chi connectivity index (χ1n) is 6.10. The number of fused-ring (bicyclic) bond motifs is 1. The Hall–Kier alpha value is -2.10. The SMILES string of the molecule is O=C(O)c1cncn1[C@H]1CCCc2ccccc21. The third-order valence-electron chi connectivity index (χ3n) is 3.56. The summed E-state index contributed by atoms with van der Waals surface area (Å²) < 4.78 is 1.78. The molecule has 1 N–H and O–H groups in total. The highest BCUT2D eigenvalue weighted by atomic mass is 16.4. The summed E-state index contributed by atoms with van der Waals surface area (Å²) in [6.07, 6.45) is 6.16. The van der Waals surface area contributed by atoms with Gasteiger partial charge in [0, 0.05) is 0 Å². The van der Waals surface area contributed by atoms with Crippen LogP contribution in [0.2, 0.25) is 0 Å². The fraction of sp³-hybridized carbons (Fsp3) is 0.286. The Morgan fingerprint density at radius 3 is 3.06 bits per heavy atom. The molecule has 1 atom stereocenters. The lowest BCUT2D eigenvalue weighted by molar-refractivity contribution is 0.0683. The van der Waals surface area contributed by atoms with Crippen molar-refractivity contribution in [1.29, 1.82) is 0 Å². The van der Waals surface area contributed by atoms with Crippen molar-refractivity contribution in [2.45, 2.75) is 25.3 Å². The highest BCUT2D eigenvalue weighted by molar-refractivity contribution is 5.85. The summed E-state index contributed by atoms with van der Waals surface area (Å²) in [6, 6.07) is 8.36. The zero-order valence-electron chi connectivity index (χ0n) is 9.91. The van der Waals surface area contributed by atoms with Crippen LogP contribution in [-0.4, -0.2) is 20.6 Å². The van der Waals surface area contributed by atoms with Crippen molar-refractivity contribution in [1.82, 2.24) is 9.55 Å². The molecule has 0 spiro atoms. The number of carboxylic acids is 1. The molecule has 3 rings (SSSR count). The first-order valence-corrected chi connectivity index (χ1v) is 6.10. The number of carbonyl (C=O) groups is 1. The van der Waals surface area contributed by atoms with Gasteiger partial charge in [-0.2, -0.15) is 0 Å². The highest BCUT2D eigenvalue weighted by Crippen LogP contribution is 2.33. The molecule has 0 unspecified atom stereocenters. The molecule has 1 aliphatic carbocycles. The number of aromatic nitrogens is 2. The number of hydrogen-bond acceptors (Lipinski definition) is 2. The van der Waals surface area contributed by atoms with Crippen LogP contribution in [0.3, 0.4) is 0 Å². The normalized spacial score (nSPS) is 18.3. The minimum Gasteiger partial charge on any atom is -0.477 e. The van der Waals surface area contributed by atoms with Gasteiger partial charge in [-0.1, -0.05) is 24.3 Å². The number of nitrogens with zero attached hydrogens (tertiary/aromatic N) is 2. The van der Waals surface area contributed by atoms with Crippen molar-refractivity contribution in [2.24, 2.45) is 0 Å². The van der Waals surface area contributed by atoms with E-state index in [1.807, 2.05) is 12.1 Å². The van der Waals surface area contributed by atoms with Crippen LogP contribution in [0.25, 0.3) is 0 Å². The fourth-order valence-corrected chi connectivity index (χ4v) is 2.74. The van der Waals surface area contributed by atoms with Crippen LogP contribution in [-0.2, 0) is 6.42 Å². The molecule has 1 aromatic heterocycles. The Balaban J connectivity index is 2.08. The first kappa shape index (κ1) is 11.0. The molecular weight excluding hydrogens is 228 g/mol. The summed E-state index contributed by atoms with van der Waals surface area (Å²) in [5.74, 6) is -0.921. The van der Waals surface area contributed by atoms with E-state index in [-0.39, 0.29) is 11.7 Å². The number of aryl methyl sites for hydroxylation is 1. The monoisotopic (exact) mass is 242 g/mol. The molecule has 1 heterocycles. The molecule has 0 saturated carbocycles. The molecule has 4 heteroatoms. The summed E-state index contributed by atoms with van der Waals surface area (Å²) in [5, 5.41) is 9.17. The molecule has 92 valence electrons. The van der Waals surface area contributed by atoms with Crippen molar-refractivity contribution in [3.05, 3.63) is 53.6 Å². The Labute approximate surface area is 105 Å². The molecule has 2 aromatic rings. The molecule has 18 heavy (non-hydrogen) atoms. The Morgan fingerprint density at radius 1 is 1.39 bits per heavy atom. The highest BCUT2D eigenvalue weighted by Gasteiger charge is 2.24. The third kappa shape index (κ3) is 1.70. The van der Waals surface area contributed by atoms with Gasteiger partial charge in [-0.3, -0.25) is 0 Å². The van der Waals surface area contributed by atoms with Crippen LogP contribution < -0.4 is 0 Å². The van der Waals surface area contributed by atoms with Crippen molar-refractivity contribution in [3.8, 4) is 0 Å². The molecule has 1 aromatic carbocycles. The van der Waals surface area contributed by atoms with Crippen LogP contribution in [0.5, 0.6) is 0 Å². The van der Waals surface area contributed by atoms with Gasteiger partial charge in [0.25, 0.3) is 0 Å². The van der Waals surface area contributed by atoms with E-state index in [2.05, 4.69) is 17.1 Å². The van der Waals surface area contributed by atoms with Gasteiger partial charge >= 0.3 is 5.97 Å². The van der Waals surface area contributed by atoms with Crippen LogP contribution >= 0.6 is 0 Å². The van der Waals surface area contributed by atoms with Gasteiger partial charge in [-0.15, -0.1) is 0 Å². The van der Waals surface area contributed by atoms with Crippen molar-refractivity contribution >= 4 is 5.97 Å². The molecule has 1 aliphatic rings. The van der Waals surface area contributed by atoms with E-state index < -0.39 is 5.97 Å². The Bertz CT molecular complexity index is 589. The number of aromatic carboxylic acids is 1. The standard InChI is InChI=1S/C14H14N2O2/c17-14(18)13-8-15-9-16(13)12-7-3-5-10-4-1-2-6-11(10)12/h1-2,4,6,8-9,12H,3,5,7H2,(H,17,18)/t12-/m0/s1. The second-order valence-electron chi connectivity index (χ2n) is 4.60. The molecule has 0 saturated heterocycles. The van der Waals surface area contributed by atoms with Crippen molar-refractivity contribution in [3.63, 3.8) is 0 Å². The van der Waals surface area contributed by atoms with Crippen LogP contribution in [0.1, 0.15) is 40.5 Å². The summed E-state index contributed by atoms with van der Waals surface area (Å²) in [7, 11) is 0. The van der Waals surface area contributed by atoms with Gasteiger partial charge < -0.3 is 9.67 Å². The zero-order chi connectivity index (χ0) is 12.5. The lowest BCUT2D eigenvalue weighted by Crippen LogP contribution is -2.20. The topological polar surface area (TPSA) is 55.1 Å². The maximum absolute atomic E-state index is 11.2. The van der Waals surface area contributed by atoms with Crippen molar-refractivity contribution < 1.29 is 9.90 Å². The molecule has 0 aliphatic heterocycles. The average molecular weight is 242 g/mol. The smallest absolute Gasteiger partial charge is 0.354 e. The summed E-state index contributed by atoms with van der Waals surface area (Å²) >= 11 is 0. The van der Waals surface area contributed by atoms with Gasteiger partial charge in [-0.05, 0) is 30.4 Å². The lowest BCUT2D eigenvalue weighted by atomic mass is 9.87. The van der Waals surface area contributed by atoms with E-state index in [1.54, 1.807) is 10.9 Å². The molecular formula is C14H14N2O2. The molecule has 0 radical (unpaired) electrons. The van der Waals surface area contributed by atoms with Gasteiger partial charge in [0.05, 0.1) is 18.6 Å². The number of hydrogen-bond donors (Lipinski definition) is 1. The maximum Gasteiger partial charge on any atom is 0.354 e. The van der Waals surface area contributed by atoms with E-state index in [0.29, 0.717) is 0 Å². The summed E-state index contributed by atoms with van der Waals surface area (Å²) in [5.41, 5.74) is 2.81. The number of carboxylic acid groups (broad SMARTS) is 1. The number of imidazole rings is 1. The minimum atomic E-state index is -0.921. The molecule has 0 amide bonds. The Kier molecular flexibility index (Phi) is 2.63. The van der Waals surface area contributed by atoms with E-state index in [4.69, 9.17) is 0 Å². The minimum absolute atomic E-state index is 0.101. The van der Waals surface area contributed by atoms with Gasteiger partial charge in [0.2, 0.25) is 0 Å².